The molecule has 1 unspecified atom stereocenters. The fourth-order valence-electron chi connectivity index (χ4n) is 2.71. The Balaban J connectivity index is 2.60. The van der Waals surface area contributed by atoms with Crippen molar-refractivity contribution in [2.45, 2.75) is 48.3 Å². The molecule has 25 heavy (non-hydrogen) atoms. The minimum atomic E-state index is -6.71. The lowest BCUT2D eigenvalue weighted by Gasteiger charge is -2.36. The lowest BCUT2D eigenvalue weighted by Crippen LogP contribution is -2.57. The molecule has 2 rings (SSSR count). The molecule has 0 aromatic heterocycles. The maximum absolute atomic E-state index is 14.4. The molecular formula is C14H10F10O. The average molecular weight is 384 g/mol. The predicted molar refractivity (Wildman–Crippen MR) is 64.2 cm³/mol. The number of benzene rings is 1. The van der Waals surface area contributed by atoms with Crippen LogP contribution in [0.4, 0.5) is 43.9 Å². The summed E-state index contributed by atoms with van der Waals surface area (Å²) in [4.78, 5) is 0. The Bertz CT molecular complexity index is 656. The number of hydrogen-bond acceptors (Lipinski definition) is 1. The molecule has 1 fully saturated rings. The molecule has 1 saturated carbocycles. The molecule has 0 radical (unpaired) electrons. The van der Waals surface area contributed by atoms with Crippen molar-refractivity contribution in [3.05, 3.63) is 35.6 Å². The summed E-state index contributed by atoms with van der Waals surface area (Å²) in [6.45, 7) is 0.434. The van der Waals surface area contributed by atoms with E-state index in [4.69, 9.17) is 0 Å². The van der Waals surface area contributed by atoms with Crippen LogP contribution in [0.5, 0.6) is 0 Å². The van der Waals surface area contributed by atoms with E-state index in [0.717, 1.165) is 18.2 Å². The summed E-state index contributed by atoms with van der Waals surface area (Å²) in [5, 5.41) is 9.98. The van der Waals surface area contributed by atoms with Crippen molar-refractivity contribution in [3.8, 4) is 0 Å². The Hall–Kier alpha value is -1.52. The van der Waals surface area contributed by atoms with Crippen molar-refractivity contribution < 1.29 is 49.0 Å². The van der Waals surface area contributed by atoms with Gasteiger partial charge in [-0.2, -0.15) is 35.1 Å². The summed E-state index contributed by atoms with van der Waals surface area (Å²) in [7, 11) is 0. The Labute approximate surface area is 134 Å². The van der Waals surface area contributed by atoms with Crippen LogP contribution in [-0.2, 0) is 5.60 Å². The highest BCUT2D eigenvalue weighted by atomic mass is 19.4. The van der Waals surface area contributed by atoms with Gasteiger partial charge in [0.05, 0.1) is 5.60 Å². The fraction of sp³-hybridized carbons (Fsp3) is 0.571. The molecule has 1 N–H and O–H groups in total. The van der Waals surface area contributed by atoms with Gasteiger partial charge in [0.25, 0.3) is 5.67 Å². The van der Waals surface area contributed by atoms with Gasteiger partial charge in [-0.1, -0.05) is 12.1 Å². The van der Waals surface area contributed by atoms with Gasteiger partial charge in [0.2, 0.25) is 0 Å². The molecule has 0 heterocycles. The van der Waals surface area contributed by atoms with Crippen molar-refractivity contribution in [1.29, 1.82) is 0 Å². The van der Waals surface area contributed by atoms with E-state index in [0.29, 0.717) is 13.0 Å². The largest absolute Gasteiger partial charge is 0.385 e. The van der Waals surface area contributed by atoms with E-state index in [2.05, 4.69) is 0 Å². The van der Waals surface area contributed by atoms with Crippen LogP contribution in [0.1, 0.15) is 18.9 Å². The van der Waals surface area contributed by atoms with Crippen molar-refractivity contribution in [2.24, 2.45) is 0 Å². The Morgan fingerprint density at radius 2 is 1.28 bits per heavy atom. The van der Waals surface area contributed by atoms with Crippen LogP contribution in [0.2, 0.25) is 0 Å². The van der Waals surface area contributed by atoms with E-state index < -0.39 is 52.8 Å². The van der Waals surface area contributed by atoms with E-state index in [-0.39, 0.29) is 0 Å². The van der Waals surface area contributed by atoms with Gasteiger partial charge < -0.3 is 5.11 Å². The van der Waals surface area contributed by atoms with Gasteiger partial charge >= 0.3 is 23.7 Å². The van der Waals surface area contributed by atoms with Crippen LogP contribution >= 0.6 is 0 Å². The highest BCUT2D eigenvalue weighted by molar-refractivity contribution is 5.31. The standard InChI is InChI=1S/C14H10F10O/c1-9(25,7-3-2-4-8(15)5-7)6-10(16)11(17,18)13(21,22)14(23,24)12(10,19)20/h2-5,25H,6H2,1H3. The number of rotatable bonds is 3. The van der Waals surface area contributed by atoms with Gasteiger partial charge in [0.1, 0.15) is 5.82 Å². The molecule has 0 spiro atoms. The van der Waals surface area contributed by atoms with Crippen molar-refractivity contribution in [1.82, 2.24) is 0 Å². The van der Waals surface area contributed by atoms with Crippen LogP contribution in [-0.4, -0.2) is 34.5 Å². The molecule has 1 atom stereocenters. The highest BCUT2D eigenvalue weighted by Gasteiger charge is 3.00. The molecule has 11 heteroatoms. The molecule has 1 aliphatic carbocycles. The molecule has 1 aromatic carbocycles. The fourth-order valence-corrected chi connectivity index (χ4v) is 2.71. The number of hydrogen-bond donors (Lipinski definition) is 1. The summed E-state index contributed by atoms with van der Waals surface area (Å²) in [6.07, 6.45) is -2.53. The van der Waals surface area contributed by atoms with Crippen LogP contribution < -0.4 is 0 Å². The first-order valence-electron chi connectivity index (χ1n) is 6.64. The second-order valence-electron chi connectivity index (χ2n) is 6.06. The molecule has 0 amide bonds. The van der Waals surface area contributed by atoms with Gasteiger partial charge in [-0.15, -0.1) is 0 Å². The minimum Gasteiger partial charge on any atom is -0.385 e. The van der Waals surface area contributed by atoms with Gasteiger partial charge in [-0.25, -0.2) is 8.78 Å². The first-order valence-corrected chi connectivity index (χ1v) is 6.64. The van der Waals surface area contributed by atoms with E-state index in [9.17, 15) is 49.0 Å². The Morgan fingerprint density at radius 3 is 1.68 bits per heavy atom. The Kier molecular flexibility index (Phi) is 3.97. The SMILES string of the molecule is CC(O)(CC1(F)C(F)(F)C(F)(F)C(F)(F)C1(F)F)c1cccc(F)c1. The first kappa shape index (κ1) is 19.8. The van der Waals surface area contributed by atoms with E-state index in [1.165, 1.54) is 0 Å². The van der Waals surface area contributed by atoms with Crippen LogP contribution in [0.15, 0.2) is 24.3 Å². The number of alkyl halides is 9. The Morgan fingerprint density at radius 1 is 0.840 bits per heavy atom. The van der Waals surface area contributed by atoms with Gasteiger partial charge in [-0.3, -0.25) is 0 Å². The minimum absolute atomic E-state index is 0.434. The maximum Gasteiger partial charge on any atom is 0.381 e. The summed E-state index contributed by atoms with van der Waals surface area (Å²) >= 11 is 0. The highest BCUT2D eigenvalue weighted by Crippen LogP contribution is 2.70. The van der Waals surface area contributed by atoms with E-state index in [1.54, 1.807) is 0 Å². The zero-order chi connectivity index (χ0) is 19.7. The molecular weight excluding hydrogens is 374 g/mol. The van der Waals surface area contributed by atoms with Crippen molar-refractivity contribution >= 4 is 0 Å². The molecule has 0 bridgehead atoms. The van der Waals surface area contributed by atoms with E-state index in [1.807, 2.05) is 0 Å². The average Bonchev–Trinajstić information content (AvgIpc) is 2.49. The van der Waals surface area contributed by atoms with Crippen LogP contribution in [0.3, 0.4) is 0 Å². The third-order valence-corrected chi connectivity index (χ3v) is 4.21. The zero-order valence-electron chi connectivity index (χ0n) is 12.2. The second-order valence-corrected chi connectivity index (χ2v) is 6.06. The van der Waals surface area contributed by atoms with Gasteiger partial charge in [0.15, 0.2) is 0 Å². The third kappa shape index (κ3) is 2.20. The van der Waals surface area contributed by atoms with Crippen LogP contribution in [0.25, 0.3) is 0 Å². The van der Waals surface area contributed by atoms with Gasteiger partial charge in [-0.05, 0) is 24.6 Å². The molecule has 0 aliphatic heterocycles. The lowest BCUT2D eigenvalue weighted by molar-refractivity contribution is -0.303. The van der Waals surface area contributed by atoms with Gasteiger partial charge in [0, 0.05) is 6.42 Å². The lowest BCUT2D eigenvalue weighted by atomic mass is 9.80. The second kappa shape index (κ2) is 5.01. The summed E-state index contributed by atoms with van der Waals surface area (Å²) < 4.78 is 135. The molecule has 1 aliphatic rings. The zero-order valence-corrected chi connectivity index (χ0v) is 12.2. The number of aliphatic hydroxyl groups is 1. The van der Waals surface area contributed by atoms with E-state index >= 15 is 0 Å². The summed E-state index contributed by atoms with van der Waals surface area (Å²) in [6, 6.07) is 2.92. The summed E-state index contributed by atoms with van der Waals surface area (Å²) in [5.41, 5.74) is -9.63. The van der Waals surface area contributed by atoms with Crippen molar-refractivity contribution in [3.63, 3.8) is 0 Å². The summed E-state index contributed by atoms with van der Waals surface area (Å²) in [5.74, 6) is -27.5. The predicted octanol–water partition coefficient (Wildman–Crippen LogP) is 4.69. The van der Waals surface area contributed by atoms with Crippen molar-refractivity contribution in [2.75, 3.05) is 0 Å². The normalized spacial score (nSPS) is 27.7. The third-order valence-electron chi connectivity index (χ3n) is 4.21. The first-order chi connectivity index (χ1) is 11.0. The monoisotopic (exact) mass is 384 g/mol. The smallest absolute Gasteiger partial charge is 0.381 e. The molecule has 1 nitrogen and oxygen atoms in total. The topological polar surface area (TPSA) is 20.2 Å². The van der Waals surface area contributed by atoms with Crippen LogP contribution in [0, 0.1) is 5.82 Å². The maximum atomic E-state index is 14.4. The number of halogens is 10. The molecule has 142 valence electrons. The molecule has 0 saturated heterocycles. The quantitative estimate of drug-likeness (QED) is 0.750. The molecule has 1 aromatic rings.